The van der Waals surface area contributed by atoms with Gasteiger partial charge < -0.3 is 23.8 Å². The van der Waals surface area contributed by atoms with Crippen molar-refractivity contribution in [3.8, 4) is 11.5 Å². The van der Waals surface area contributed by atoms with E-state index in [0.29, 0.717) is 31.9 Å². The minimum atomic E-state index is -1.25. The van der Waals surface area contributed by atoms with Gasteiger partial charge in [0, 0.05) is 24.7 Å². The number of nitro groups is 1. The predicted octanol–water partition coefficient (Wildman–Crippen LogP) is 2.08. The van der Waals surface area contributed by atoms with E-state index in [1.165, 1.54) is 6.07 Å². The van der Waals surface area contributed by atoms with Gasteiger partial charge in [-0.1, -0.05) is 30.3 Å². The van der Waals surface area contributed by atoms with Crippen molar-refractivity contribution in [2.45, 2.75) is 6.10 Å². The fourth-order valence-electron chi connectivity index (χ4n) is 3.25. The van der Waals surface area contributed by atoms with Gasteiger partial charge in [-0.3, -0.25) is 14.9 Å². The number of carbonyl (C=O) groups excluding carboxylic acids is 2. The molecule has 0 radical (unpaired) electrons. The summed E-state index contributed by atoms with van der Waals surface area (Å²) in [6, 6.07) is 10.8. The summed E-state index contributed by atoms with van der Waals surface area (Å²) in [5, 5.41) is 11.5. The van der Waals surface area contributed by atoms with E-state index in [4.69, 9.17) is 18.9 Å². The molecule has 10 nitrogen and oxygen atoms in total. The van der Waals surface area contributed by atoms with E-state index in [1.54, 1.807) is 35.2 Å². The van der Waals surface area contributed by atoms with Crippen LogP contribution < -0.4 is 9.47 Å². The monoisotopic (exact) mass is 414 g/mol. The third-order valence-electron chi connectivity index (χ3n) is 4.78. The molecule has 2 aromatic carbocycles. The van der Waals surface area contributed by atoms with E-state index in [9.17, 15) is 19.7 Å². The number of rotatable bonds is 5. The Kier molecular flexibility index (Phi) is 5.48. The normalized spacial score (nSPS) is 16.1. The van der Waals surface area contributed by atoms with Crippen LogP contribution in [0.15, 0.2) is 42.5 Å². The number of nitro benzene ring substituents is 1. The van der Waals surface area contributed by atoms with Crippen LogP contribution in [0.25, 0.3) is 0 Å². The van der Waals surface area contributed by atoms with Crippen LogP contribution >= 0.6 is 0 Å². The molecule has 0 saturated carbocycles. The topological polar surface area (TPSA) is 117 Å². The number of morpholine rings is 1. The largest absolute Gasteiger partial charge is 0.454 e. The number of hydrogen-bond donors (Lipinski definition) is 0. The zero-order chi connectivity index (χ0) is 21.1. The number of amides is 1. The van der Waals surface area contributed by atoms with Gasteiger partial charge in [0.25, 0.3) is 11.6 Å². The van der Waals surface area contributed by atoms with Crippen LogP contribution in [0.2, 0.25) is 0 Å². The molecule has 0 N–H and O–H groups in total. The van der Waals surface area contributed by atoms with Crippen molar-refractivity contribution in [2.24, 2.45) is 0 Å². The fraction of sp³-hybridized carbons (Fsp3) is 0.300. The summed E-state index contributed by atoms with van der Waals surface area (Å²) in [6.07, 6.45) is -1.25. The molecule has 0 aliphatic carbocycles. The standard InChI is InChI=1S/C20H18N2O8/c23-19(21-6-8-27-9-7-21)18(13-4-2-1-3-5-13)30-20(24)14-10-16-17(29-12-28-16)11-15(14)22(25)26/h1-5,10-11,18H,6-9,12H2. The van der Waals surface area contributed by atoms with Crippen LogP contribution in [0.1, 0.15) is 22.0 Å². The highest BCUT2D eigenvalue weighted by molar-refractivity contribution is 5.97. The Bertz CT molecular complexity index is 972. The second-order valence-corrected chi connectivity index (χ2v) is 6.61. The lowest BCUT2D eigenvalue weighted by Gasteiger charge is -2.30. The van der Waals surface area contributed by atoms with E-state index >= 15 is 0 Å². The van der Waals surface area contributed by atoms with E-state index in [0.717, 1.165) is 6.07 Å². The Hall–Kier alpha value is -3.66. The third-order valence-corrected chi connectivity index (χ3v) is 4.78. The number of ether oxygens (including phenoxy) is 4. The highest BCUT2D eigenvalue weighted by atomic mass is 16.7. The Morgan fingerprint density at radius 1 is 1.07 bits per heavy atom. The predicted molar refractivity (Wildman–Crippen MR) is 101 cm³/mol. The molecule has 1 unspecified atom stereocenters. The summed E-state index contributed by atoms with van der Waals surface area (Å²) in [6.45, 7) is 1.39. The maximum absolute atomic E-state index is 13.1. The zero-order valence-electron chi connectivity index (χ0n) is 15.8. The molecule has 2 aliphatic rings. The van der Waals surface area contributed by atoms with Crippen molar-refractivity contribution in [2.75, 3.05) is 33.1 Å². The van der Waals surface area contributed by atoms with Crippen LogP contribution in [0.4, 0.5) is 5.69 Å². The highest BCUT2D eigenvalue weighted by Crippen LogP contribution is 2.38. The van der Waals surface area contributed by atoms with E-state index in [1.807, 2.05) is 0 Å². The van der Waals surface area contributed by atoms with Crippen LogP contribution in [-0.4, -0.2) is 54.8 Å². The average Bonchev–Trinajstić information content (AvgIpc) is 3.25. The molecule has 30 heavy (non-hydrogen) atoms. The fourth-order valence-corrected chi connectivity index (χ4v) is 3.25. The van der Waals surface area contributed by atoms with Crippen molar-refractivity contribution in [1.82, 2.24) is 4.90 Å². The molecule has 0 spiro atoms. The lowest BCUT2D eigenvalue weighted by Crippen LogP contribution is -2.44. The number of nitrogens with zero attached hydrogens (tertiary/aromatic N) is 2. The molecular formula is C20H18N2O8. The number of fused-ring (bicyclic) bond motifs is 1. The lowest BCUT2D eigenvalue weighted by molar-refractivity contribution is -0.385. The molecule has 2 aromatic rings. The Labute approximate surface area is 171 Å². The number of carbonyl (C=O) groups is 2. The van der Waals surface area contributed by atoms with E-state index in [-0.39, 0.29) is 23.9 Å². The first-order chi connectivity index (χ1) is 14.5. The molecule has 2 aliphatic heterocycles. The molecule has 156 valence electrons. The Morgan fingerprint density at radius 3 is 2.40 bits per heavy atom. The van der Waals surface area contributed by atoms with E-state index < -0.39 is 28.6 Å². The van der Waals surface area contributed by atoms with Gasteiger partial charge in [-0.2, -0.15) is 0 Å². The SMILES string of the molecule is O=C(OC(C(=O)N1CCOCC1)c1ccccc1)c1cc2c(cc1[N+](=O)[O-])OCO2. The minimum Gasteiger partial charge on any atom is -0.454 e. The first-order valence-electron chi connectivity index (χ1n) is 9.25. The molecular weight excluding hydrogens is 396 g/mol. The molecule has 0 aromatic heterocycles. The Balaban J connectivity index is 1.65. The lowest BCUT2D eigenvalue weighted by atomic mass is 10.1. The second-order valence-electron chi connectivity index (χ2n) is 6.61. The number of esters is 1. The summed E-state index contributed by atoms with van der Waals surface area (Å²) < 4.78 is 21.1. The molecule has 1 fully saturated rings. The Morgan fingerprint density at radius 2 is 1.73 bits per heavy atom. The van der Waals surface area contributed by atoms with Gasteiger partial charge in [-0.25, -0.2) is 4.79 Å². The molecule has 1 saturated heterocycles. The summed E-state index contributed by atoms with van der Waals surface area (Å²) in [4.78, 5) is 38.3. The summed E-state index contributed by atoms with van der Waals surface area (Å²) in [5.41, 5.74) is -0.347. The maximum atomic E-state index is 13.1. The maximum Gasteiger partial charge on any atom is 0.346 e. The van der Waals surface area contributed by atoms with Crippen molar-refractivity contribution in [3.63, 3.8) is 0 Å². The minimum absolute atomic E-state index is 0.104. The quantitative estimate of drug-likeness (QED) is 0.415. The summed E-state index contributed by atoms with van der Waals surface area (Å²) in [7, 11) is 0. The summed E-state index contributed by atoms with van der Waals surface area (Å²) in [5.74, 6) is -1.05. The van der Waals surface area contributed by atoms with Gasteiger partial charge in [0.2, 0.25) is 12.9 Å². The van der Waals surface area contributed by atoms with Crippen LogP contribution in [0.5, 0.6) is 11.5 Å². The third kappa shape index (κ3) is 3.90. The van der Waals surface area contributed by atoms with Crippen molar-refractivity contribution in [3.05, 3.63) is 63.7 Å². The highest BCUT2D eigenvalue weighted by Gasteiger charge is 2.34. The molecule has 1 amide bonds. The van der Waals surface area contributed by atoms with Crippen molar-refractivity contribution < 1.29 is 33.5 Å². The van der Waals surface area contributed by atoms with Crippen LogP contribution in [-0.2, 0) is 14.3 Å². The second kappa shape index (κ2) is 8.37. The van der Waals surface area contributed by atoms with Gasteiger partial charge in [0.15, 0.2) is 11.5 Å². The van der Waals surface area contributed by atoms with Gasteiger partial charge in [-0.05, 0) is 0 Å². The van der Waals surface area contributed by atoms with Gasteiger partial charge in [-0.15, -0.1) is 0 Å². The molecule has 0 bridgehead atoms. The molecule has 10 heteroatoms. The first kappa shape index (κ1) is 19.6. The van der Waals surface area contributed by atoms with Crippen molar-refractivity contribution >= 4 is 17.6 Å². The molecule has 2 heterocycles. The smallest absolute Gasteiger partial charge is 0.346 e. The van der Waals surface area contributed by atoms with Gasteiger partial charge >= 0.3 is 5.97 Å². The number of benzene rings is 2. The van der Waals surface area contributed by atoms with Gasteiger partial charge in [0.05, 0.1) is 24.2 Å². The van der Waals surface area contributed by atoms with Crippen LogP contribution in [0.3, 0.4) is 0 Å². The molecule has 4 rings (SSSR count). The zero-order valence-corrected chi connectivity index (χ0v) is 15.8. The van der Waals surface area contributed by atoms with Gasteiger partial charge in [0.1, 0.15) is 5.56 Å². The van der Waals surface area contributed by atoms with E-state index in [2.05, 4.69) is 0 Å². The average molecular weight is 414 g/mol. The van der Waals surface area contributed by atoms with Crippen molar-refractivity contribution in [1.29, 1.82) is 0 Å². The first-order valence-corrected chi connectivity index (χ1v) is 9.25. The molecule has 1 atom stereocenters. The number of hydrogen-bond acceptors (Lipinski definition) is 8. The summed E-state index contributed by atoms with van der Waals surface area (Å²) >= 11 is 0. The van der Waals surface area contributed by atoms with Crippen LogP contribution in [0, 0.1) is 10.1 Å².